The maximum absolute atomic E-state index is 14.3. The largest absolute Gasteiger partial charge is 0.444 e. The Labute approximate surface area is 312 Å². The van der Waals surface area contributed by atoms with Crippen LogP contribution in [-0.2, 0) is 38.1 Å². The van der Waals surface area contributed by atoms with Crippen LogP contribution >= 0.6 is 0 Å². The van der Waals surface area contributed by atoms with Gasteiger partial charge in [-0.3, -0.25) is 24.1 Å². The number of aliphatic hydroxyl groups is 1. The number of benzene rings is 1. The Morgan fingerprint density at radius 2 is 1.57 bits per heavy atom. The van der Waals surface area contributed by atoms with Crippen LogP contribution in [0.15, 0.2) is 30.3 Å². The summed E-state index contributed by atoms with van der Waals surface area (Å²) in [6, 6.07) is 4.50. The van der Waals surface area contributed by atoms with E-state index >= 15 is 0 Å². The smallest absolute Gasteiger partial charge is 0.410 e. The highest BCUT2D eigenvalue weighted by Gasteiger charge is 2.48. The molecule has 6 unspecified atom stereocenters. The van der Waals surface area contributed by atoms with Gasteiger partial charge in [0, 0.05) is 38.7 Å². The molecule has 53 heavy (non-hydrogen) atoms. The lowest BCUT2D eigenvalue weighted by atomic mass is 9.93. The number of carbonyl (C=O) groups excluding carboxylic acids is 5. The number of nitrogens with zero attached hydrogens (tertiary/aromatic N) is 2. The summed E-state index contributed by atoms with van der Waals surface area (Å²) in [5.74, 6) is -2.60. The molecule has 6 N–H and O–H groups in total. The predicted octanol–water partition coefficient (Wildman–Crippen LogP) is 0.861. The molecule has 298 valence electrons. The number of likely N-dealkylation sites (N-methyl/N-ethyl adjacent to an activating group) is 1. The summed E-state index contributed by atoms with van der Waals surface area (Å²) in [7, 11) is 1.46. The Hall–Kier alpha value is -3.83. The van der Waals surface area contributed by atoms with Crippen molar-refractivity contribution in [2.75, 3.05) is 66.4 Å². The van der Waals surface area contributed by atoms with Gasteiger partial charge in [-0.05, 0) is 58.4 Å². The molecule has 2 aliphatic heterocycles. The van der Waals surface area contributed by atoms with Crippen LogP contribution in [0, 0.1) is 5.92 Å². The summed E-state index contributed by atoms with van der Waals surface area (Å²) >= 11 is 0. The number of aliphatic hydroxyl groups excluding tert-OH is 1. The van der Waals surface area contributed by atoms with Crippen molar-refractivity contribution >= 4 is 29.7 Å². The Morgan fingerprint density at radius 1 is 0.943 bits per heavy atom. The summed E-state index contributed by atoms with van der Waals surface area (Å²) < 4.78 is 21.7. The highest BCUT2D eigenvalue weighted by Crippen LogP contribution is 2.34. The van der Waals surface area contributed by atoms with Gasteiger partial charge in [0.25, 0.3) is 0 Å². The van der Waals surface area contributed by atoms with Gasteiger partial charge in [0.05, 0.1) is 39.6 Å². The zero-order valence-electron chi connectivity index (χ0n) is 31.8. The van der Waals surface area contributed by atoms with Crippen molar-refractivity contribution in [1.29, 1.82) is 0 Å². The van der Waals surface area contributed by atoms with Crippen LogP contribution in [0.3, 0.4) is 0 Å². The number of hydrogen-bond donors (Lipinski definition) is 5. The lowest BCUT2D eigenvalue weighted by molar-refractivity contribution is -0.145. The average molecular weight is 749 g/mol. The zero-order valence-corrected chi connectivity index (χ0v) is 31.8. The summed E-state index contributed by atoms with van der Waals surface area (Å²) in [6.07, 6.45) is 1.44. The monoisotopic (exact) mass is 748 g/mol. The Bertz CT molecular complexity index is 1330. The lowest BCUT2D eigenvalue weighted by Gasteiger charge is -2.34. The maximum atomic E-state index is 14.3. The number of rotatable bonds is 20. The molecule has 0 aromatic heterocycles. The molecule has 2 aliphatic rings. The van der Waals surface area contributed by atoms with Crippen LogP contribution in [0.4, 0.5) is 4.79 Å². The van der Waals surface area contributed by atoms with Crippen molar-refractivity contribution in [1.82, 2.24) is 25.8 Å². The molecule has 1 aromatic rings. The molecular formula is C37H60N6O10. The number of amides is 5. The van der Waals surface area contributed by atoms with Crippen molar-refractivity contribution < 1.29 is 48.0 Å². The van der Waals surface area contributed by atoms with E-state index in [1.807, 2.05) is 0 Å². The van der Waals surface area contributed by atoms with Crippen LogP contribution in [0.5, 0.6) is 0 Å². The average Bonchev–Trinajstić information content (AvgIpc) is 3.51. The molecular weight excluding hydrogens is 688 g/mol. The van der Waals surface area contributed by atoms with Gasteiger partial charge in [0.2, 0.25) is 23.6 Å². The van der Waals surface area contributed by atoms with Crippen molar-refractivity contribution in [3.63, 3.8) is 0 Å². The van der Waals surface area contributed by atoms with Crippen LogP contribution in [0.1, 0.15) is 71.4 Å². The van der Waals surface area contributed by atoms with Gasteiger partial charge in [-0.25, -0.2) is 4.79 Å². The third-order valence-electron chi connectivity index (χ3n) is 9.27. The van der Waals surface area contributed by atoms with Gasteiger partial charge in [0.15, 0.2) is 0 Å². The minimum absolute atomic E-state index is 0.194. The quantitative estimate of drug-likeness (QED) is 0.118. The fraction of sp³-hybridized carbons (Fsp3) is 0.703. The molecule has 0 saturated carbocycles. The summed E-state index contributed by atoms with van der Waals surface area (Å²) in [4.78, 5) is 70.8. The Balaban J connectivity index is 1.67. The number of carbonyl (C=O) groups is 5. The first-order chi connectivity index (χ1) is 25.3. The molecule has 2 fully saturated rings. The Morgan fingerprint density at radius 3 is 2.17 bits per heavy atom. The normalized spacial score (nSPS) is 21.2. The van der Waals surface area contributed by atoms with Crippen molar-refractivity contribution in [3.8, 4) is 0 Å². The van der Waals surface area contributed by atoms with Crippen LogP contribution in [0.25, 0.3) is 0 Å². The van der Waals surface area contributed by atoms with E-state index < -0.39 is 65.4 Å². The summed E-state index contributed by atoms with van der Waals surface area (Å²) in [5.41, 5.74) is 5.17. The second-order valence-corrected chi connectivity index (χ2v) is 14.3. The Kier molecular flexibility index (Phi) is 17.9. The summed E-state index contributed by atoms with van der Waals surface area (Å²) in [6.45, 7) is 9.48. The van der Waals surface area contributed by atoms with Crippen molar-refractivity contribution in [2.24, 2.45) is 11.7 Å². The number of hydrogen-bond acceptors (Lipinski definition) is 11. The van der Waals surface area contributed by atoms with E-state index in [4.69, 9.17) is 24.7 Å². The first-order valence-electron chi connectivity index (χ1n) is 18.6. The topological polar surface area (TPSA) is 211 Å². The second kappa shape index (κ2) is 21.8. The van der Waals surface area contributed by atoms with Gasteiger partial charge < -0.3 is 50.6 Å². The van der Waals surface area contributed by atoms with Gasteiger partial charge in [-0.15, -0.1) is 0 Å². The highest BCUT2D eigenvalue weighted by molar-refractivity contribution is 5.96. The molecule has 1 aromatic carbocycles. The fourth-order valence-corrected chi connectivity index (χ4v) is 6.57. The molecule has 16 heteroatoms. The third-order valence-corrected chi connectivity index (χ3v) is 9.27. The minimum atomic E-state index is -1.13. The van der Waals surface area contributed by atoms with Gasteiger partial charge >= 0.3 is 6.09 Å². The van der Waals surface area contributed by atoms with E-state index in [2.05, 4.69) is 16.0 Å². The van der Waals surface area contributed by atoms with E-state index in [-0.39, 0.29) is 32.2 Å². The third kappa shape index (κ3) is 13.2. The molecule has 16 nitrogen and oxygen atoms in total. The number of nitrogens with two attached hydrogens (primary N) is 1. The first-order valence-corrected chi connectivity index (χ1v) is 18.6. The zero-order chi connectivity index (χ0) is 39.0. The van der Waals surface area contributed by atoms with Crippen LogP contribution < -0.4 is 21.7 Å². The molecule has 0 spiro atoms. The number of ether oxygens (including phenoxy) is 4. The fourth-order valence-electron chi connectivity index (χ4n) is 6.57. The van der Waals surface area contributed by atoms with Crippen molar-refractivity contribution in [2.45, 2.75) is 95.6 Å². The molecule has 6 atom stereocenters. The predicted molar refractivity (Wildman–Crippen MR) is 195 cm³/mol. The number of nitrogens with one attached hydrogen (secondary N) is 3. The lowest BCUT2D eigenvalue weighted by Crippen LogP contribution is -2.59. The van der Waals surface area contributed by atoms with Crippen LogP contribution in [0.2, 0.25) is 0 Å². The van der Waals surface area contributed by atoms with E-state index in [0.717, 1.165) is 0 Å². The maximum Gasteiger partial charge on any atom is 0.410 e. The molecule has 2 heterocycles. The minimum Gasteiger partial charge on any atom is -0.444 e. The molecule has 0 radical (unpaired) electrons. The van der Waals surface area contributed by atoms with E-state index in [9.17, 15) is 29.1 Å². The molecule has 0 aliphatic carbocycles. The van der Waals surface area contributed by atoms with E-state index in [0.29, 0.717) is 70.8 Å². The van der Waals surface area contributed by atoms with Crippen molar-refractivity contribution in [3.05, 3.63) is 35.9 Å². The standard InChI is InChI=1S/C37H60N6O10/c1-6-28(42(5)36(49)53-37(2,3)4)32(45)41-31-26(24-44)12-13-27-14-15-29(43(27)35(31)48)33(46)40-30(25-10-8-7-9-11-25)34(47)39-17-19-51-21-23-52-22-20-50-18-16-38/h7-11,26-31,44H,6,12-24,38H2,1-5H3,(H,39,47)(H,40,46)(H,41,45). The molecule has 2 saturated heterocycles. The van der Waals surface area contributed by atoms with Gasteiger partial charge in [0.1, 0.15) is 29.8 Å². The first kappa shape index (κ1) is 43.6. The molecule has 5 amide bonds. The second-order valence-electron chi connectivity index (χ2n) is 14.3. The van der Waals surface area contributed by atoms with Crippen LogP contribution in [-0.4, -0.2) is 141 Å². The summed E-state index contributed by atoms with van der Waals surface area (Å²) in [5, 5.41) is 18.8. The molecule has 0 bridgehead atoms. The van der Waals surface area contributed by atoms with Gasteiger partial charge in [-0.2, -0.15) is 0 Å². The number of fused-ring (bicyclic) bond motifs is 1. The molecule has 3 rings (SSSR count). The van der Waals surface area contributed by atoms with E-state index in [1.54, 1.807) is 58.0 Å². The SMILES string of the molecule is CCC(C(=O)NC1C(=O)N2C(CCC1CO)CCC2C(=O)NC(C(=O)NCCOCCOCCOCCN)c1ccccc1)N(C)C(=O)OC(C)(C)C. The van der Waals surface area contributed by atoms with E-state index in [1.165, 1.54) is 16.8 Å². The van der Waals surface area contributed by atoms with Gasteiger partial charge in [-0.1, -0.05) is 37.3 Å². The highest BCUT2D eigenvalue weighted by atomic mass is 16.6.